The molecular formula is C91H52N6O3. The number of hydrogen-bond donors (Lipinski definition) is 0. The third-order valence-electron chi connectivity index (χ3n) is 20.4. The largest absolute Gasteiger partial charge is 0.456 e. The minimum absolute atomic E-state index is 0.551. The first-order valence-corrected chi connectivity index (χ1v) is 33.6. The Hall–Kier alpha value is -13.5. The zero-order valence-electron chi connectivity index (χ0n) is 53.4. The van der Waals surface area contributed by atoms with Crippen molar-refractivity contribution < 1.29 is 13.3 Å². The van der Waals surface area contributed by atoms with Crippen LogP contribution in [0.4, 0.5) is 0 Å². The SMILES string of the molecule is c1ccc(-c2nc(-c3ccccc3)nc(-c3cccc4oc5ccc(-c6ccc7c(c6)C6(c8ccccc8-c8cc(-c9cccc(-c%10nc(-c%11ccccc%11)nc(-c%11cccc%12oc%13ccc(-c%14ccc%15oc%16ccccc%16c%15c%14)cc%13c%11%12)n%10)c9)ccc86)c6ccccc6-7)cc5c34)n2)cc1. The molecule has 0 saturated heterocycles. The van der Waals surface area contributed by atoms with Crippen LogP contribution in [0.25, 0.3) is 190 Å². The maximum atomic E-state index is 6.68. The van der Waals surface area contributed by atoms with Crippen molar-refractivity contribution in [2.75, 3.05) is 0 Å². The number of furan rings is 3. The van der Waals surface area contributed by atoms with Crippen molar-refractivity contribution in [3.63, 3.8) is 0 Å². The van der Waals surface area contributed by atoms with Crippen LogP contribution >= 0.6 is 0 Å². The molecule has 0 fully saturated rings. The van der Waals surface area contributed by atoms with E-state index in [2.05, 4.69) is 200 Å². The molecular weight excluding hydrogens is 1230 g/mol. The molecule has 100 heavy (non-hydrogen) atoms. The molecule has 0 aliphatic heterocycles. The smallest absolute Gasteiger partial charge is 0.164 e. The van der Waals surface area contributed by atoms with Crippen LogP contribution in [0.15, 0.2) is 329 Å². The van der Waals surface area contributed by atoms with E-state index in [1.165, 1.54) is 44.5 Å². The maximum absolute atomic E-state index is 6.68. The van der Waals surface area contributed by atoms with Crippen molar-refractivity contribution in [1.82, 2.24) is 29.9 Å². The van der Waals surface area contributed by atoms with Gasteiger partial charge in [0.15, 0.2) is 34.9 Å². The first-order chi connectivity index (χ1) is 49.5. The van der Waals surface area contributed by atoms with Crippen LogP contribution in [0.3, 0.4) is 0 Å². The highest BCUT2D eigenvalue weighted by atomic mass is 16.3. The number of aromatic nitrogens is 6. The fourth-order valence-electron chi connectivity index (χ4n) is 15.9. The summed E-state index contributed by atoms with van der Waals surface area (Å²) >= 11 is 0. The molecule has 2 aliphatic carbocycles. The molecule has 1 unspecified atom stereocenters. The lowest BCUT2D eigenvalue weighted by molar-refractivity contribution is 0.668. The predicted molar refractivity (Wildman–Crippen MR) is 400 cm³/mol. The van der Waals surface area contributed by atoms with Crippen LogP contribution in [-0.2, 0) is 5.41 Å². The van der Waals surface area contributed by atoms with Crippen molar-refractivity contribution in [2.24, 2.45) is 0 Å². The molecule has 9 nitrogen and oxygen atoms in total. The molecule has 14 aromatic carbocycles. The second-order valence-electron chi connectivity index (χ2n) is 25.9. The quantitative estimate of drug-likeness (QED) is 0.139. The van der Waals surface area contributed by atoms with Crippen molar-refractivity contribution in [3.8, 4) is 124 Å². The van der Waals surface area contributed by atoms with Gasteiger partial charge in [-0.15, -0.1) is 0 Å². The molecule has 0 saturated carbocycles. The Morgan fingerprint density at radius 3 is 1.11 bits per heavy atom. The van der Waals surface area contributed by atoms with Crippen molar-refractivity contribution in [2.45, 2.75) is 5.41 Å². The Labute approximate surface area is 572 Å². The predicted octanol–water partition coefficient (Wildman–Crippen LogP) is 23.1. The topological polar surface area (TPSA) is 117 Å². The van der Waals surface area contributed by atoms with E-state index in [1.54, 1.807) is 0 Å². The van der Waals surface area contributed by atoms with Gasteiger partial charge < -0.3 is 13.3 Å². The highest BCUT2D eigenvalue weighted by molar-refractivity contribution is 6.15. The van der Waals surface area contributed by atoms with Gasteiger partial charge in [0, 0.05) is 65.7 Å². The van der Waals surface area contributed by atoms with E-state index in [9.17, 15) is 0 Å². The van der Waals surface area contributed by atoms with E-state index in [1.807, 2.05) is 115 Å². The van der Waals surface area contributed by atoms with Crippen LogP contribution in [0.2, 0.25) is 0 Å². The van der Waals surface area contributed by atoms with Crippen molar-refractivity contribution >= 4 is 65.8 Å². The average molecular weight is 1280 g/mol. The van der Waals surface area contributed by atoms with Crippen LogP contribution in [0, 0.1) is 0 Å². The number of hydrogen-bond acceptors (Lipinski definition) is 9. The third kappa shape index (κ3) is 8.55. The Morgan fingerprint density at radius 2 is 0.530 bits per heavy atom. The van der Waals surface area contributed by atoms with Gasteiger partial charge >= 0.3 is 0 Å². The summed E-state index contributed by atoms with van der Waals surface area (Å²) in [6.07, 6.45) is 0. The fraction of sp³-hybridized carbons (Fsp3) is 0.0110. The third-order valence-corrected chi connectivity index (χ3v) is 20.4. The lowest BCUT2D eigenvalue weighted by atomic mass is 9.70. The molecule has 5 aromatic heterocycles. The van der Waals surface area contributed by atoms with E-state index in [4.69, 9.17) is 43.2 Å². The number of fused-ring (bicyclic) bond motifs is 19. The van der Waals surface area contributed by atoms with Gasteiger partial charge in [-0.3, -0.25) is 0 Å². The number of benzene rings is 14. The summed E-state index contributed by atoms with van der Waals surface area (Å²) in [4.78, 5) is 31.3. The zero-order chi connectivity index (χ0) is 65.6. The standard InChI is InChI=1S/C91H52N6O3/c1-4-19-53(20-5-1)85-92-86(54-21-6-2-7-22-54)95-89(94-85)67-30-17-35-81-83(67)72-51-60(41-46-80(72)100-81)61-37-42-65-63-27-10-13-32-73(63)91(76(65)52-61)74-33-14-11-28-64(74)69-48-57(38-43-75(69)91)56-25-16-26-62(47-56)88-93-87(55-23-8-3-9-24-55)96-90(97-88)68-31-18-36-82-84(68)71-50-59(40-45-79(71)99-82)58-39-44-78-70(49-58)66-29-12-15-34-77(66)98-78/h1-52H. The summed E-state index contributed by atoms with van der Waals surface area (Å²) in [6, 6.07) is 111. The van der Waals surface area contributed by atoms with Gasteiger partial charge in [0.25, 0.3) is 0 Å². The van der Waals surface area contributed by atoms with E-state index < -0.39 is 5.41 Å². The Kier molecular flexibility index (Phi) is 12.1. The van der Waals surface area contributed by atoms with Crippen LogP contribution < -0.4 is 0 Å². The molecule has 0 bridgehead atoms. The van der Waals surface area contributed by atoms with Crippen LogP contribution in [0.1, 0.15) is 22.3 Å². The van der Waals surface area contributed by atoms with Gasteiger partial charge in [-0.2, -0.15) is 0 Å². The first-order valence-electron chi connectivity index (χ1n) is 33.6. The molecule has 0 amide bonds. The van der Waals surface area contributed by atoms with Gasteiger partial charge in [-0.05, 0) is 151 Å². The fourth-order valence-corrected chi connectivity index (χ4v) is 15.9. The monoisotopic (exact) mass is 1280 g/mol. The molecule has 2 aliphatic rings. The number of para-hydroxylation sites is 1. The Bertz CT molecular complexity index is 6560. The number of nitrogens with zero attached hydrogens (tertiary/aromatic N) is 6. The van der Waals surface area contributed by atoms with E-state index in [0.29, 0.717) is 34.9 Å². The molecule has 21 rings (SSSR count). The zero-order valence-corrected chi connectivity index (χ0v) is 53.4. The summed E-state index contributed by atoms with van der Waals surface area (Å²) in [7, 11) is 0. The van der Waals surface area contributed by atoms with Crippen LogP contribution in [0.5, 0.6) is 0 Å². The van der Waals surface area contributed by atoms with E-state index in [0.717, 1.165) is 133 Å². The molecule has 0 radical (unpaired) electrons. The van der Waals surface area contributed by atoms with E-state index in [-0.39, 0.29) is 0 Å². The minimum atomic E-state index is -0.608. The lowest BCUT2D eigenvalue weighted by Gasteiger charge is -2.30. The normalized spacial score (nSPS) is 13.6. The van der Waals surface area contributed by atoms with Crippen molar-refractivity contribution in [3.05, 3.63) is 338 Å². The molecule has 0 N–H and O–H groups in total. The van der Waals surface area contributed by atoms with Gasteiger partial charge in [0.05, 0.1) is 5.41 Å². The molecule has 1 atom stereocenters. The van der Waals surface area contributed by atoms with Crippen molar-refractivity contribution in [1.29, 1.82) is 0 Å². The summed E-state index contributed by atoms with van der Waals surface area (Å²) in [5, 5.41) is 6.01. The number of rotatable bonds is 9. The molecule has 9 heteroatoms. The Balaban J connectivity index is 0.671. The molecule has 5 heterocycles. The van der Waals surface area contributed by atoms with Gasteiger partial charge in [-0.25, -0.2) is 29.9 Å². The highest BCUT2D eigenvalue weighted by Gasteiger charge is 2.52. The Morgan fingerprint density at radius 1 is 0.180 bits per heavy atom. The molecule has 19 aromatic rings. The second kappa shape index (κ2) is 21.8. The molecule has 464 valence electrons. The van der Waals surface area contributed by atoms with E-state index >= 15 is 0 Å². The lowest BCUT2D eigenvalue weighted by Crippen LogP contribution is -2.25. The maximum Gasteiger partial charge on any atom is 0.164 e. The minimum Gasteiger partial charge on any atom is -0.456 e. The average Bonchev–Trinajstić information content (AvgIpc) is 1.51. The van der Waals surface area contributed by atoms with Gasteiger partial charge in [0.1, 0.15) is 33.5 Å². The van der Waals surface area contributed by atoms with Crippen LogP contribution in [-0.4, -0.2) is 29.9 Å². The summed E-state index contributed by atoms with van der Waals surface area (Å²) in [6.45, 7) is 0. The molecule has 1 spiro atoms. The summed E-state index contributed by atoms with van der Waals surface area (Å²) in [5.41, 5.74) is 25.8. The highest BCUT2D eigenvalue weighted by Crippen LogP contribution is 2.63. The summed E-state index contributed by atoms with van der Waals surface area (Å²) < 4.78 is 19.5. The second-order valence-corrected chi connectivity index (χ2v) is 25.9. The van der Waals surface area contributed by atoms with Gasteiger partial charge in [0.2, 0.25) is 0 Å². The summed E-state index contributed by atoms with van der Waals surface area (Å²) in [5.74, 6) is 3.48. The first kappa shape index (κ1) is 55.8. The van der Waals surface area contributed by atoms with Gasteiger partial charge in [-0.1, -0.05) is 243 Å².